The van der Waals surface area contributed by atoms with Gasteiger partial charge in [0.15, 0.2) is 0 Å². The molecule has 0 radical (unpaired) electrons. The third-order valence-corrected chi connectivity index (χ3v) is 3.45. The van der Waals surface area contributed by atoms with Crippen LogP contribution in [0.25, 0.3) is 5.65 Å². The van der Waals surface area contributed by atoms with Crippen LogP contribution >= 0.6 is 38.5 Å². The summed E-state index contributed by atoms with van der Waals surface area (Å²) in [6.45, 7) is 2.02. The zero-order chi connectivity index (χ0) is 8.72. The first-order valence-electron chi connectivity index (χ1n) is 3.48. The summed E-state index contributed by atoms with van der Waals surface area (Å²) >= 11 is 5.72. The zero-order valence-electron chi connectivity index (χ0n) is 6.38. The van der Waals surface area contributed by atoms with Gasteiger partial charge < -0.3 is 0 Å². The van der Waals surface area contributed by atoms with Crippen molar-refractivity contribution in [2.75, 3.05) is 0 Å². The van der Waals surface area contributed by atoms with E-state index in [-0.39, 0.29) is 0 Å². The van der Waals surface area contributed by atoms with E-state index in [1.165, 1.54) is 3.70 Å². The van der Waals surface area contributed by atoms with Gasteiger partial charge in [-0.2, -0.15) is 0 Å². The predicted octanol–water partition coefficient (Wildman–Crippen LogP) is 3.01. The van der Waals surface area contributed by atoms with Crippen molar-refractivity contribution in [1.29, 1.82) is 0 Å². The molecule has 0 aromatic carbocycles. The van der Waals surface area contributed by atoms with Gasteiger partial charge in [-0.3, -0.25) is 4.40 Å². The maximum absolute atomic E-state index is 4.39. The van der Waals surface area contributed by atoms with Gasteiger partial charge in [0.05, 0.1) is 5.69 Å². The Bertz CT molecular complexity index is 436. The van der Waals surface area contributed by atoms with Crippen LogP contribution in [0.3, 0.4) is 0 Å². The molecule has 2 heterocycles. The van der Waals surface area contributed by atoms with Crippen LogP contribution in [0.5, 0.6) is 0 Å². The van der Waals surface area contributed by atoms with Gasteiger partial charge in [-0.25, -0.2) is 4.98 Å². The highest BCUT2D eigenvalue weighted by molar-refractivity contribution is 14.1. The lowest BCUT2D eigenvalue weighted by Gasteiger charge is -1.94. The Morgan fingerprint density at radius 3 is 3.00 bits per heavy atom. The molecule has 0 bridgehead atoms. The second-order valence-corrected chi connectivity index (χ2v) is 4.50. The fourth-order valence-electron chi connectivity index (χ4n) is 1.11. The summed E-state index contributed by atoms with van der Waals surface area (Å²) in [6.07, 6.45) is 2.02. The predicted molar refractivity (Wildman–Crippen MR) is 60.3 cm³/mol. The van der Waals surface area contributed by atoms with Crippen LogP contribution in [-0.4, -0.2) is 9.38 Å². The SMILES string of the molecule is Cc1nc2ccc(Br)cn2c1I. The Labute approximate surface area is 92.3 Å². The number of rotatable bonds is 0. The molecule has 0 aliphatic rings. The normalized spacial score (nSPS) is 10.9. The highest BCUT2D eigenvalue weighted by Gasteiger charge is 2.04. The molecule has 2 nitrogen and oxygen atoms in total. The molecular formula is C8H6BrIN2. The van der Waals surface area contributed by atoms with E-state index in [0.29, 0.717) is 0 Å². The summed E-state index contributed by atoms with van der Waals surface area (Å²) in [5.74, 6) is 0. The van der Waals surface area contributed by atoms with E-state index >= 15 is 0 Å². The van der Waals surface area contributed by atoms with Crippen LogP contribution in [0, 0.1) is 10.6 Å². The molecule has 0 saturated heterocycles. The van der Waals surface area contributed by atoms with Crippen LogP contribution in [0.1, 0.15) is 5.69 Å². The van der Waals surface area contributed by atoms with E-state index < -0.39 is 0 Å². The third-order valence-electron chi connectivity index (χ3n) is 1.68. The molecule has 0 aliphatic carbocycles. The van der Waals surface area contributed by atoms with Crippen molar-refractivity contribution in [3.05, 3.63) is 32.2 Å². The van der Waals surface area contributed by atoms with E-state index in [2.05, 4.69) is 47.9 Å². The Kier molecular flexibility index (Phi) is 2.12. The number of nitrogens with zero attached hydrogens (tertiary/aromatic N) is 2. The number of fused-ring (bicyclic) bond motifs is 1. The number of halogens is 2. The first-order chi connectivity index (χ1) is 5.68. The van der Waals surface area contributed by atoms with Crippen LogP contribution in [0.4, 0.5) is 0 Å². The smallest absolute Gasteiger partial charge is 0.137 e. The van der Waals surface area contributed by atoms with Gasteiger partial charge in [0.1, 0.15) is 9.35 Å². The molecule has 12 heavy (non-hydrogen) atoms. The standard InChI is InChI=1S/C8H6BrIN2/c1-5-8(10)12-4-6(9)2-3-7(12)11-5/h2-4H,1H3. The van der Waals surface area contributed by atoms with Crippen molar-refractivity contribution >= 4 is 44.2 Å². The van der Waals surface area contributed by atoms with E-state index in [9.17, 15) is 0 Å². The van der Waals surface area contributed by atoms with Gasteiger partial charge >= 0.3 is 0 Å². The van der Waals surface area contributed by atoms with E-state index in [1.54, 1.807) is 0 Å². The fraction of sp³-hybridized carbons (Fsp3) is 0.125. The lowest BCUT2D eigenvalue weighted by atomic mass is 10.5. The molecule has 0 N–H and O–H groups in total. The van der Waals surface area contributed by atoms with Gasteiger partial charge in [0.2, 0.25) is 0 Å². The monoisotopic (exact) mass is 336 g/mol. The lowest BCUT2D eigenvalue weighted by Crippen LogP contribution is -1.86. The van der Waals surface area contributed by atoms with E-state index in [1.807, 2.05) is 25.3 Å². The summed E-state index contributed by atoms with van der Waals surface area (Å²) < 4.78 is 4.31. The highest BCUT2D eigenvalue weighted by Crippen LogP contribution is 2.17. The average Bonchev–Trinajstić information content (AvgIpc) is 2.31. The lowest BCUT2D eigenvalue weighted by molar-refractivity contribution is 1.13. The molecule has 2 aromatic rings. The van der Waals surface area contributed by atoms with Crippen LogP contribution in [0.15, 0.2) is 22.8 Å². The maximum atomic E-state index is 4.39. The topological polar surface area (TPSA) is 17.3 Å². The molecule has 4 heteroatoms. The van der Waals surface area contributed by atoms with Gasteiger partial charge in [-0.1, -0.05) is 0 Å². The molecular weight excluding hydrogens is 331 g/mol. The molecule has 0 fully saturated rings. The first kappa shape index (κ1) is 8.50. The summed E-state index contributed by atoms with van der Waals surface area (Å²) in [4.78, 5) is 4.39. The molecule has 0 spiro atoms. The number of aryl methyl sites for hydroxylation is 1. The van der Waals surface area contributed by atoms with Crippen molar-refractivity contribution in [2.45, 2.75) is 6.92 Å². The van der Waals surface area contributed by atoms with E-state index in [4.69, 9.17) is 0 Å². The summed E-state index contributed by atoms with van der Waals surface area (Å²) in [7, 11) is 0. The maximum Gasteiger partial charge on any atom is 0.137 e. The minimum atomic E-state index is 1.00. The Morgan fingerprint density at radius 2 is 2.25 bits per heavy atom. The molecule has 0 aliphatic heterocycles. The number of pyridine rings is 1. The highest BCUT2D eigenvalue weighted by atomic mass is 127. The largest absolute Gasteiger partial charge is 0.294 e. The molecule has 2 aromatic heterocycles. The molecule has 2 rings (SSSR count). The van der Waals surface area contributed by atoms with Gasteiger partial charge in [-0.05, 0) is 57.6 Å². The van der Waals surface area contributed by atoms with Crippen LogP contribution in [-0.2, 0) is 0 Å². The van der Waals surface area contributed by atoms with Crippen molar-refractivity contribution in [3.63, 3.8) is 0 Å². The second-order valence-electron chi connectivity index (χ2n) is 2.56. The molecule has 62 valence electrons. The van der Waals surface area contributed by atoms with Crippen LogP contribution in [0.2, 0.25) is 0 Å². The van der Waals surface area contributed by atoms with Gasteiger partial charge in [0.25, 0.3) is 0 Å². The Hall–Kier alpha value is -0.100. The minimum absolute atomic E-state index is 1.00. The number of hydrogen-bond donors (Lipinski definition) is 0. The van der Waals surface area contributed by atoms with Gasteiger partial charge in [-0.15, -0.1) is 0 Å². The summed E-state index contributed by atoms with van der Waals surface area (Å²) in [5.41, 5.74) is 2.08. The third kappa shape index (κ3) is 1.26. The van der Waals surface area contributed by atoms with Crippen molar-refractivity contribution in [3.8, 4) is 0 Å². The molecule has 0 atom stereocenters. The number of imidazole rings is 1. The van der Waals surface area contributed by atoms with Crippen molar-refractivity contribution in [1.82, 2.24) is 9.38 Å². The quantitative estimate of drug-likeness (QED) is 0.676. The fourth-order valence-corrected chi connectivity index (χ4v) is 1.95. The first-order valence-corrected chi connectivity index (χ1v) is 5.35. The van der Waals surface area contributed by atoms with Crippen molar-refractivity contribution in [2.24, 2.45) is 0 Å². The van der Waals surface area contributed by atoms with Crippen LogP contribution < -0.4 is 0 Å². The number of aromatic nitrogens is 2. The van der Waals surface area contributed by atoms with Crippen molar-refractivity contribution < 1.29 is 0 Å². The Morgan fingerprint density at radius 1 is 1.50 bits per heavy atom. The average molecular weight is 337 g/mol. The summed E-state index contributed by atoms with van der Waals surface area (Å²) in [6, 6.07) is 4.00. The van der Waals surface area contributed by atoms with Gasteiger partial charge in [0, 0.05) is 10.7 Å². The molecule has 0 saturated carbocycles. The molecule has 0 unspecified atom stereocenters. The van der Waals surface area contributed by atoms with E-state index in [0.717, 1.165) is 15.8 Å². The Balaban J connectivity index is 2.88. The number of hydrogen-bond acceptors (Lipinski definition) is 1. The molecule has 0 amide bonds. The second kappa shape index (κ2) is 2.99. The summed E-state index contributed by atoms with van der Waals surface area (Å²) in [5, 5.41) is 0. The zero-order valence-corrected chi connectivity index (χ0v) is 10.1. The minimum Gasteiger partial charge on any atom is -0.294 e.